The number of aryl methyl sites for hydroxylation is 1. The molecule has 0 amide bonds. The van der Waals surface area contributed by atoms with E-state index in [9.17, 15) is 4.21 Å². The van der Waals surface area contributed by atoms with Gasteiger partial charge in [0, 0.05) is 29.4 Å². The smallest absolute Gasteiger partial charge is 0.126 e. The molecule has 15 heavy (non-hydrogen) atoms. The molecule has 0 bridgehead atoms. The third kappa shape index (κ3) is 4.29. The predicted octanol–water partition coefficient (Wildman–Crippen LogP) is 1.15. The Morgan fingerprint density at radius 2 is 2.27 bits per heavy atom. The normalized spacial score (nSPS) is 12.4. The van der Waals surface area contributed by atoms with Crippen molar-refractivity contribution in [2.75, 3.05) is 29.6 Å². The molecule has 5 heteroatoms. The number of aromatic nitrogens is 1. The molecule has 0 saturated heterocycles. The van der Waals surface area contributed by atoms with Crippen molar-refractivity contribution in [3.05, 3.63) is 17.8 Å². The Labute approximate surface area is 92.7 Å². The molecule has 0 spiro atoms. The van der Waals surface area contributed by atoms with Gasteiger partial charge in [-0.2, -0.15) is 0 Å². The van der Waals surface area contributed by atoms with Gasteiger partial charge in [-0.15, -0.1) is 0 Å². The molecule has 1 unspecified atom stereocenters. The van der Waals surface area contributed by atoms with Gasteiger partial charge >= 0.3 is 0 Å². The number of hydrogen-bond donors (Lipinski definition) is 2. The summed E-state index contributed by atoms with van der Waals surface area (Å²) in [4.78, 5) is 4.28. The minimum atomic E-state index is -0.712. The number of anilines is 2. The zero-order valence-corrected chi connectivity index (χ0v) is 9.93. The van der Waals surface area contributed by atoms with Crippen LogP contribution in [0.15, 0.2) is 12.1 Å². The number of rotatable bonds is 5. The quantitative estimate of drug-likeness (QED) is 0.741. The van der Waals surface area contributed by atoms with Crippen molar-refractivity contribution in [2.45, 2.75) is 13.3 Å². The van der Waals surface area contributed by atoms with Crippen LogP contribution >= 0.6 is 0 Å². The number of pyridine rings is 1. The highest BCUT2D eigenvalue weighted by molar-refractivity contribution is 7.84. The summed E-state index contributed by atoms with van der Waals surface area (Å²) in [5, 5.41) is 3.17. The van der Waals surface area contributed by atoms with Crippen LogP contribution in [-0.4, -0.2) is 27.7 Å². The van der Waals surface area contributed by atoms with Crippen LogP contribution in [0.2, 0.25) is 0 Å². The summed E-state index contributed by atoms with van der Waals surface area (Å²) in [6.07, 6.45) is 2.60. The van der Waals surface area contributed by atoms with Gasteiger partial charge in [0.15, 0.2) is 0 Å². The van der Waals surface area contributed by atoms with Gasteiger partial charge in [0.2, 0.25) is 0 Å². The molecule has 0 aliphatic rings. The van der Waals surface area contributed by atoms with Crippen LogP contribution in [-0.2, 0) is 10.8 Å². The lowest BCUT2D eigenvalue weighted by atomic mass is 10.3. The lowest BCUT2D eigenvalue weighted by Gasteiger charge is -2.06. The van der Waals surface area contributed by atoms with Gasteiger partial charge in [-0.05, 0) is 25.5 Å². The third-order valence-electron chi connectivity index (χ3n) is 2.04. The Morgan fingerprint density at radius 1 is 1.53 bits per heavy atom. The average Bonchev–Trinajstić information content (AvgIpc) is 2.18. The Morgan fingerprint density at radius 3 is 2.87 bits per heavy atom. The number of nitrogens with zero attached hydrogens (tertiary/aromatic N) is 1. The second-order valence-electron chi connectivity index (χ2n) is 3.43. The van der Waals surface area contributed by atoms with Gasteiger partial charge < -0.3 is 11.1 Å². The summed E-state index contributed by atoms with van der Waals surface area (Å²) >= 11 is 0. The fourth-order valence-corrected chi connectivity index (χ4v) is 1.71. The van der Waals surface area contributed by atoms with Crippen LogP contribution in [0.4, 0.5) is 11.5 Å². The van der Waals surface area contributed by atoms with Gasteiger partial charge in [0.1, 0.15) is 5.82 Å². The highest BCUT2D eigenvalue weighted by Crippen LogP contribution is 2.11. The topological polar surface area (TPSA) is 68.0 Å². The first kappa shape index (κ1) is 12.0. The molecule has 3 N–H and O–H groups in total. The number of hydrogen-bond acceptors (Lipinski definition) is 4. The van der Waals surface area contributed by atoms with Gasteiger partial charge in [-0.1, -0.05) is 0 Å². The van der Waals surface area contributed by atoms with E-state index >= 15 is 0 Å². The van der Waals surface area contributed by atoms with Crippen LogP contribution in [0.25, 0.3) is 0 Å². The van der Waals surface area contributed by atoms with E-state index < -0.39 is 10.8 Å². The second kappa shape index (κ2) is 5.70. The van der Waals surface area contributed by atoms with E-state index in [-0.39, 0.29) is 0 Å². The number of nitrogens with one attached hydrogen (secondary N) is 1. The number of nitrogen functional groups attached to an aromatic ring is 1. The van der Waals surface area contributed by atoms with Crippen molar-refractivity contribution in [3.8, 4) is 0 Å². The summed E-state index contributed by atoms with van der Waals surface area (Å²) in [7, 11) is -0.712. The van der Waals surface area contributed by atoms with E-state index in [1.165, 1.54) is 0 Å². The van der Waals surface area contributed by atoms with E-state index in [2.05, 4.69) is 10.3 Å². The molecule has 1 atom stereocenters. The molecule has 0 radical (unpaired) electrons. The molecular formula is C10H17N3OS. The SMILES string of the molecule is Cc1nc(NCCCS(C)=O)ccc1N. The molecule has 84 valence electrons. The van der Waals surface area contributed by atoms with Crippen LogP contribution in [0, 0.1) is 6.92 Å². The zero-order chi connectivity index (χ0) is 11.3. The fraction of sp³-hybridized carbons (Fsp3) is 0.500. The van der Waals surface area contributed by atoms with E-state index in [1.807, 2.05) is 19.1 Å². The third-order valence-corrected chi connectivity index (χ3v) is 2.90. The second-order valence-corrected chi connectivity index (χ2v) is 4.98. The average molecular weight is 227 g/mol. The van der Waals surface area contributed by atoms with Crippen LogP contribution in [0.5, 0.6) is 0 Å². The van der Waals surface area contributed by atoms with Gasteiger partial charge in [-0.3, -0.25) is 4.21 Å². The summed E-state index contributed by atoms with van der Waals surface area (Å²) < 4.78 is 10.8. The van der Waals surface area contributed by atoms with Crippen LogP contribution in [0.1, 0.15) is 12.1 Å². The molecule has 0 saturated carbocycles. The van der Waals surface area contributed by atoms with E-state index in [0.717, 1.165) is 30.2 Å². The highest BCUT2D eigenvalue weighted by Gasteiger charge is 1.98. The van der Waals surface area contributed by atoms with Crippen molar-refractivity contribution >= 4 is 22.3 Å². The maximum atomic E-state index is 10.8. The van der Waals surface area contributed by atoms with E-state index in [4.69, 9.17) is 5.73 Å². The van der Waals surface area contributed by atoms with Crippen molar-refractivity contribution in [3.63, 3.8) is 0 Å². The minimum Gasteiger partial charge on any atom is -0.397 e. The Balaban J connectivity index is 2.38. The van der Waals surface area contributed by atoms with Crippen molar-refractivity contribution in [1.29, 1.82) is 0 Å². The lowest BCUT2D eigenvalue weighted by Crippen LogP contribution is -2.08. The maximum Gasteiger partial charge on any atom is 0.126 e. The summed E-state index contributed by atoms with van der Waals surface area (Å²) in [5.74, 6) is 1.55. The Bertz CT molecular complexity index is 355. The minimum absolute atomic E-state index is 0.704. The zero-order valence-electron chi connectivity index (χ0n) is 9.12. The van der Waals surface area contributed by atoms with Crippen LogP contribution < -0.4 is 11.1 Å². The highest BCUT2D eigenvalue weighted by atomic mass is 32.2. The largest absolute Gasteiger partial charge is 0.397 e. The molecule has 0 aromatic carbocycles. The summed E-state index contributed by atoms with van der Waals surface area (Å²) in [6, 6.07) is 3.69. The first-order valence-corrected chi connectivity index (χ1v) is 6.59. The molecule has 1 rings (SSSR count). The molecule has 0 aliphatic heterocycles. The molecule has 1 heterocycles. The van der Waals surface area contributed by atoms with Crippen LogP contribution in [0.3, 0.4) is 0 Å². The Hall–Kier alpha value is -1.10. The van der Waals surface area contributed by atoms with E-state index in [1.54, 1.807) is 6.26 Å². The van der Waals surface area contributed by atoms with Gasteiger partial charge in [0.05, 0.1) is 11.4 Å². The van der Waals surface area contributed by atoms with Crippen molar-refractivity contribution in [1.82, 2.24) is 4.98 Å². The molecule has 1 aromatic heterocycles. The van der Waals surface area contributed by atoms with Crippen molar-refractivity contribution < 1.29 is 4.21 Å². The predicted molar refractivity (Wildman–Crippen MR) is 65.4 cm³/mol. The molecule has 4 nitrogen and oxygen atoms in total. The number of nitrogens with two attached hydrogens (primary N) is 1. The lowest BCUT2D eigenvalue weighted by molar-refractivity contribution is 0.685. The summed E-state index contributed by atoms with van der Waals surface area (Å²) in [5.41, 5.74) is 7.19. The first-order chi connectivity index (χ1) is 7.09. The van der Waals surface area contributed by atoms with Gasteiger partial charge in [-0.25, -0.2) is 4.98 Å². The molecule has 1 aromatic rings. The van der Waals surface area contributed by atoms with Gasteiger partial charge in [0.25, 0.3) is 0 Å². The molecule has 0 aliphatic carbocycles. The van der Waals surface area contributed by atoms with E-state index in [0.29, 0.717) is 5.69 Å². The maximum absolute atomic E-state index is 10.8. The summed E-state index contributed by atoms with van der Waals surface area (Å²) in [6.45, 7) is 2.66. The molecular weight excluding hydrogens is 210 g/mol. The Kier molecular flexibility index (Phi) is 4.55. The first-order valence-electron chi connectivity index (χ1n) is 4.86. The monoisotopic (exact) mass is 227 g/mol. The fourth-order valence-electron chi connectivity index (χ4n) is 1.16. The van der Waals surface area contributed by atoms with Crippen molar-refractivity contribution in [2.24, 2.45) is 0 Å². The molecule has 0 fully saturated rings. The standard InChI is InChI=1S/C10H17N3OS/c1-8-9(11)4-5-10(13-8)12-6-3-7-15(2)14/h4-5H,3,6-7,11H2,1-2H3,(H,12,13).